The molecule has 0 saturated heterocycles. The molecule has 4 nitrogen and oxygen atoms in total. The average molecular weight is 428 g/mol. The number of carbonyl (C=O) groups is 1. The van der Waals surface area contributed by atoms with Gasteiger partial charge in [0.1, 0.15) is 0 Å². The Morgan fingerprint density at radius 3 is 1.50 bits per heavy atom. The smallest absolute Gasteiger partial charge is 0.219 e. The van der Waals surface area contributed by atoms with Crippen LogP contribution in [0.4, 0.5) is 0 Å². The fourth-order valence-corrected chi connectivity index (χ4v) is 3.91. The monoisotopic (exact) mass is 427 g/mol. The number of aliphatic hydroxyl groups excluding tert-OH is 2. The van der Waals surface area contributed by atoms with Crippen molar-refractivity contribution in [2.45, 2.75) is 154 Å². The molecule has 30 heavy (non-hydrogen) atoms. The Bertz CT molecular complexity index is 362. The summed E-state index contributed by atoms with van der Waals surface area (Å²) >= 11 is 0. The molecule has 4 heteroatoms. The van der Waals surface area contributed by atoms with E-state index in [4.69, 9.17) is 0 Å². The molecule has 0 bridgehead atoms. The molecule has 0 aromatic rings. The third kappa shape index (κ3) is 20.7. The second-order valence-electron chi connectivity index (χ2n) is 9.12. The molecule has 0 rings (SSSR count). The van der Waals surface area contributed by atoms with Gasteiger partial charge in [0.05, 0.1) is 12.2 Å². The minimum Gasteiger partial charge on any atom is -0.390 e. The molecule has 0 aliphatic heterocycles. The molecule has 0 aromatic heterocycles. The number of unbranched alkanes of at least 4 members (excludes halogenated alkanes) is 14. The fraction of sp³-hybridized carbons (Fsp3) is 0.962. The molecule has 2 atom stereocenters. The average Bonchev–Trinajstić information content (AvgIpc) is 2.74. The molecule has 2 unspecified atom stereocenters. The molecule has 0 radical (unpaired) electrons. The zero-order valence-electron chi connectivity index (χ0n) is 20.3. The summed E-state index contributed by atoms with van der Waals surface area (Å²) < 4.78 is 0. The van der Waals surface area contributed by atoms with Gasteiger partial charge in [0, 0.05) is 13.0 Å². The number of hydrogen-bond acceptors (Lipinski definition) is 3. The highest BCUT2D eigenvalue weighted by Crippen LogP contribution is 2.15. The van der Waals surface area contributed by atoms with Gasteiger partial charge < -0.3 is 15.5 Å². The van der Waals surface area contributed by atoms with Crippen molar-refractivity contribution in [3.63, 3.8) is 0 Å². The standard InChI is InChI=1S/C26H53NO3/c1-3-5-7-9-13-16-20-24(28)25(29)21-17-14-10-11-15-19-23-27-26(30)22-18-12-8-6-4-2/h24-25,28-29H,3-23H2,1-2H3,(H,27,30). The van der Waals surface area contributed by atoms with Crippen molar-refractivity contribution in [3.05, 3.63) is 0 Å². The Balaban J connectivity index is 3.36. The molecular weight excluding hydrogens is 374 g/mol. The lowest BCUT2D eigenvalue weighted by molar-refractivity contribution is -0.121. The van der Waals surface area contributed by atoms with Gasteiger partial charge in [-0.25, -0.2) is 0 Å². The lowest BCUT2D eigenvalue weighted by Gasteiger charge is -2.17. The van der Waals surface area contributed by atoms with Crippen molar-refractivity contribution < 1.29 is 15.0 Å². The predicted molar refractivity (Wildman–Crippen MR) is 129 cm³/mol. The summed E-state index contributed by atoms with van der Waals surface area (Å²) in [4.78, 5) is 11.7. The van der Waals surface area contributed by atoms with Crippen LogP contribution in [0.2, 0.25) is 0 Å². The van der Waals surface area contributed by atoms with E-state index in [1.165, 1.54) is 70.6 Å². The first-order valence-corrected chi connectivity index (χ1v) is 13.2. The highest BCUT2D eigenvalue weighted by Gasteiger charge is 2.15. The molecule has 180 valence electrons. The van der Waals surface area contributed by atoms with Gasteiger partial charge in [-0.3, -0.25) is 4.79 Å². The van der Waals surface area contributed by atoms with Gasteiger partial charge in [0.15, 0.2) is 0 Å². The molecule has 0 saturated carbocycles. The Hall–Kier alpha value is -0.610. The Morgan fingerprint density at radius 1 is 0.600 bits per heavy atom. The van der Waals surface area contributed by atoms with Crippen molar-refractivity contribution in [1.29, 1.82) is 0 Å². The topological polar surface area (TPSA) is 69.6 Å². The van der Waals surface area contributed by atoms with E-state index in [1.807, 2.05) is 0 Å². The molecule has 3 N–H and O–H groups in total. The van der Waals surface area contributed by atoms with Gasteiger partial charge in [0.2, 0.25) is 5.91 Å². The van der Waals surface area contributed by atoms with Crippen LogP contribution in [-0.4, -0.2) is 34.9 Å². The normalized spacial score (nSPS) is 13.3. The molecule has 0 aliphatic carbocycles. The summed E-state index contributed by atoms with van der Waals surface area (Å²) in [6, 6.07) is 0. The van der Waals surface area contributed by atoms with Crippen molar-refractivity contribution >= 4 is 5.91 Å². The molecule has 1 amide bonds. The summed E-state index contributed by atoms with van der Waals surface area (Å²) in [6.45, 7) is 5.23. The van der Waals surface area contributed by atoms with Gasteiger partial charge in [-0.1, -0.05) is 110 Å². The number of hydrogen-bond donors (Lipinski definition) is 3. The zero-order chi connectivity index (χ0) is 22.3. The van der Waals surface area contributed by atoms with Gasteiger partial charge in [0.25, 0.3) is 0 Å². The van der Waals surface area contributed by atoms with Crippen LogP contribution < -0.4 is 5.32 Å². The predicted octanol–water partition coefficient (Wildman–Crippen LogP) is 6.67. The molecule has 0 heterocycles. The Kier molecular flexibility index (Phi) is 22.6. The maximum Gasteiger partial charge on any atom is 0.219 e. The number of carbonyl (C=O) groups excluding carboxylic acids is 1. The highest BCUT2D eigenvalue weighted by molar-refractivity contribution is 5.75. The van der Waals surface area contributed by atoms with Crippen LogP contribution in [-0.2, 0) is 4.79 Å². The summed E-state index contributed by atoms with van der Waals surface area (Å²) in [5.74, 6) is 0.208. The lowest BCUT2D eigenvalue weighted by atomic mass is 9.99. The minimum absolute atomic E-state index is 0.208. The van der Waals surface area contributed by atoms with Crippen LogP contribution in [0.5, 0.6) is 0 Å². The molecule has 0 fully saturated rings. The lowest BCUT2D eigenvalue weighted by Crippen LogP contribution is -2.25. The molecular formula is C26H53NO3. The van der Waals surface area contributed by atoms with Crippen LogP contribution in [0.3, 0.4) is 0 Å². The Morgan fingerprint density at radius 2 is 1.00 bits per heavy atom. The quantitative estimate of drug-likeness (QED) is 0.160. The second-order valence-corrected chi connectivity index (χ2v) is 9.12. The first-order valence-electron chi connectivity index (χ1n) is 13.2. The third-order valence-corrected chi connectivity index (χ3v) is 6.05. The largest absolute Gasteiger partial charge is 0.390 e. The van der Waals surface area contributed by atoms with E-state index in [1.54, 1.807) is 0 Å². The number of amides is 1. The number of nitrogens with one attached hydrogen (secondary N) is 1. The van der Waals surface area contributed by atoms with E-state index in [-0.39, 0.29) is 5.91 Å². The van der Waals surface area contributed by atoms with Crippen LogP contribution >= 0.6 is 0 Å². The number of aliphatic hydroxyl groups is 2. The first kappa shape index (κ1) is 29.4. The summed E-state index contributed by atoms with van der Waals surface area (Å²) in [7, 11) is 0. The van der Waals surface area contributed by atoms with Crippen LogP contribution in [0, 0.1) is 0 Å². The van der Waals surface area contributed by atoms with Crippen LogP contribution in [0.15, 0.2) is 0 Å². The van der Waals surface area contributed by atoms with Gasteiger partial charge >= 0.3 is 0 Å². The summed E-state index contributed by atoms with van der Waals surface area (Å²) in [6.07, 6.45) is 21.0. The fourth-order valence-electron chi connectivity index (χ4n) is 3.91. The van der Waals surface area contributed by atoms with E-state index in [2.05, 4.69) is 19.2 Å². The van der Waals surface area contributed by atoms with Crippen molar-refractivity contribution in [2.75, 3.05) is 6.54 Å². The minimum atomic E-state index is -0.558. The van der Waals surface area contributed by atoms with Crippen LogP contribution in [0.1, 0.15) is 142 Å². The second kappa shape index (κ2) is 23.1. The molecule has 0 aromatic carbocycles. The van der Waals surface area contributed by atoms with E-state index in [0.29, 0.717) is 12.8 Å². The summed E-state index contributed by atoms with van der Waals surface area (Å²) in [5, 5.41) is 23.2. The van der Waals surface area contributed by atoms with E-state index >= 15 is 0 Å². The summed E-state index contributed by atoms with van der Waals surface area (Å²) in [5.41, 5.74) is 0. The van der Waals surface area contributed by atoms with Crippen LogP contribution in [0.25, 0.3) is 0 Å². The first-order chi connectivity index (χ1) is 14.6. The van der Waals surface area contributed by atoms with E-state index < -0.39 is 12.2 Å². The zero-order valence-corrected chi connectivity index (χ0v) is 20.3. The molecule has 0 aliphatic rings. The van der Waals surface area contributed by atoms with E-state index in [0.717, 1.165) is 51.5 Å². The van der Waals surface area contributed by atoms with E-state index in [9.17, 15) is 15.0 Å². The van der Waals surface area contributed by atoms with Crippen molar-refractivity contribution in [3.8, 4) is 0 Å². The maximum absolute atomic E-state index is 11.7. The van der Waals surface area contributed by atoms with Crippen molar-refractivity contribution in [2.24, 2.45) is 0 Å². The van der Waals surface area contributed by atoms with Gasteiger partial charge in [-0.05, 0) is 25.7 Å². The SMILES string of the molecule is CCCCCCCCC(O)C(O)CCCCCCCCNC(=O)CCCCCCC. The highest BCUT2D eigenvalue weighted by atomic mass is 16.3. The van der Waals surface area contributed by atoms with Crippen molar-refractivity contribution in [1.82, 2.24) is 5.32 Å². The number of rotatable bonds is 23. The molecule has 0 spiro atoms. The van der Waals surface area contributed by atoms with Gasteiger partial charge in [-0.15, -0.1) is 0 Å². The maximum atomic E-state index is 11.7. The Labute approximate surface area is 187 Å². The van der Waals surface area contributed by atoms with Gasteiger partial charge in [-0.2, -0.15) is 0 Å². The third-order valence-electron chi connectivity index (χ3n) is 6.05.